The predicted molar refractivity (Wildman–Crippen MR) is 154 cm³/mol. The molecule has 192 valence electrons. The van der Waals surface area contributed by atoms with Crippen molar-refractivity contribution in [1.82, 2.24) is 18.3 Å². The van der Waals surface area contributed by atoms with Crippen LogP contribution in [0.4, 0.5) is 0 Å². The Morgan fingerprint density at radius 1 is 0.545 bits per heavy atom. The second kappa shape index (κ2) is 9.23. The maximum absolute atomic E-state index is 4.74. The average Bonchev–Trinajstić information content (AvgIpc) is 3.17. The highest BCUT2D eigenvalue weighted by Crippen LogP contribution is 2.53. The van der Waals surface area contributed by atoms with Gasteiger partial charge in [0.1, 0.15) is 0 Å². The lowest BCUT2D eigenvalue weighted by Gasteiger charge is -2.63. The predicted octanol–water partition coefficient (Wildman–Crippen LogP) is 7.79. The van der Waals surface area contributed by atoms with Crippen LogP contribution in [-0.4, -0.2) is 54.9 Å². The lowest BCUT2D eigenvalue weighted by atomic mass is 10.1. The SMILES string of the molecule is CCCCCC[Si]1([Si]2(Br)N(C(C)(C)C)C=CN2C(C)(C)C)N(C(C)(C)C)C=CN1C(C)(C)C. The first-order valence-corrected chi connectivity index (χ1v) is 20.2. The van der Waals surface area contributed by atoms with Crippen LogP contribution in [0.1, 0.15) is 116 Å². The van der Waals surface area contributed by atoms with Crippen molar-refractivity contribution in [1.29, 1.82) is 0 Å². The van der Waals surface area contributed by atoms with Crippen molar-refractivity contribution in [3.8, 4) is 0 Å². The molecule has 0 radical (unpaired) electrons. The molecule has 0 aromatic carbocycles. The van der Waals surface area contributed by atoms with Gasteiger partial charge >= 0.3 is 14.4 Å². The monoisotopic (exact) mass is 556 g/mol. The van der Waals surface area contributed by atoms with Crippen LogP contribution in [0.5, 0.6) is 0 Å². The molecule has 7 heteroatoms. The van der Waals surface area contributed by atoms with Crippen LogP contribution in [-0.2, 0) is 0 Å². The zero-order valence-corrected chi connectivity index (χ0v) is 27.6. The summed E-state index contributed by atoms with van der Waals surface area (Å²) in [5.41, 5.74) is 0.171. The molecule has 0 bridgehead atoms. The van der Waals surface area contributed by atoms with Gasteiger partial charge < -0.3 is 18.3 Å². The molecular formula is C26H53BrN4Si2. The number of nitrogens with zero attached hydrogens (tertiary/aromatic N) is 4. The van der Waals surface area contributed by atoms with Crippen LogP contribution in [0.25, 0.3) is 0 Å². The number of halogens is 1. The Labute approximate surface area is 216 Å². The van der Waals surface area contributed by atoms with Crippen LogP contribution in [0.3, 0.4) is 0 Å². The molecule has 0 atom stereocenters. The minimum atomic E-state index is -2.44. The third kappa shape index (κ3) is 5.11. The Kier molecular flexibility index (Phi) is 8.07. The molecule has 33 heavy (non-hydrogen) atoms. The van der Waals surface area contributed by atoms with Gasteiger partial charge in [-0.15, -0.1) is 0 Å². The molecule has 0 aromatic rings. The van der Waals surface area contributed by atoms with E-state index in [1.54, 1.807) is 0 Å². The van der Waals surface area contributed by atoms with Gasteiger partial charge in [0, 0.05) is 47.0 Å². The normalized spacial score (nSPS) is 21.0. The molecule has 2 rings (SSSR count). The highest BCUT2D eigenvalue weighted by molar-refractivity contribution is 9.27. The van der Waals surface area contributed by atoms with Gasteiger partial charge in [0.25, 0.3) is 0 Å². The lowest BCUT2D eigenvalue weighted by molar-refractivity contribution is 0.245. The summed E-state index contributed by atoms with van der Waals surface area (Å²) in [6.07, 6.45) is 14.9. The van der Waals surface area contributed by atoms with Crippen molar-refractivity contribution in [3.63, 3.8) is 0 Å². The van der Waals surface area contributed by atoms with Crippen molar-refractivity contribution >= 4 is 29.7 Å². The molecule has 0 spiro atoms. The first-order valence-electron chi connectivity index (χ1n) is 13.0. The van der Waals surface area contributed by atoms with Crippen molar-refractivity contribution in [2.75, 3.05) is 0 Å². The third-order valence-corrected chi connectivity index (χ3v) is 29.9. The van der Waals surface area contributed by atoms with E-state index in [1.807, 2.05) is 0 Å². The summed E-state index contributed by atoms with van der Waals surface area (Å²) in [6.45, 7) is 28.6. The molecule has 2 aliphatic rings. The fourth-order valence-electron chi connectivity index (χ4n) is 5.73. The summed E-state index contributed by atoms with van der Waals surface area (Å²) in [7, 11) is -2.35. The Morgan fingerprint density at radius 2 is 0.879 bits per heavy atom. The number of hydrogen-bond donors (Lipinski definition) is 0. The second-order valence-electron chi connectivity index (χ2n) is 14.0. The molecule has 0 aliphatic carbocycles. The first-order chi connectivity index (χ1) is 14.8. The van der Waals surface area contributed by atoms with Gasteiger partial charge in [-0.2, -0.15) is 0 Å². The second-order valence-corrected chi connectivity index (χ2v) is 29.2. The topological polar surface area (TPSA) is 13.0 Å². The van der Waals surface area contributed by atoms with E-state index in [4.69, 9.17) is 15.3 Å². The molecule has 2 heterocycles. The van der Waals surface area contributed by atoms with Crippen LogP contribution < -0.4 is 0 Å². The Hall–Kier alpha value is -0.406. The van der Waals surface area contributed by atoms with E-state index in [-0.39, 0.29) is 22.2 Å². The quantitative estimate of drug-likeness (QED) is 0.188. The fraction of sp³-hybridized carbons (Fsp3) is 0.846. The van der Waals surface area contributed by atoms with Gasteiger partial charge in [-0.05, 0) is 89.1 Å². The standard InChI is InChI=1S/C26H53BrN4Si2/c1-14-15-16-17-22-32(28(23(2,3)4)18-19-29(32)24(5,6)7)33(27)30(25(8,9)10)20-21-31(33)26(11,12)13/h18-21H,14-17,22H2,1-13H3. The van der Waals surface area contributed by atoms with E-state index in [2.05, 4.69) is 133 Å². The maximum Gasteiger partial charge on any atom is 0.369 e. The first kappa shape index (κ1) is 28.8. The van der Waals surface area contributed by atoms with Crippen molar-refractivity contribution in [2.45, 2.75) is 144 Å². The molecule has 0 amide bonds. The van der Waals surface area contributed by atoms with Crippen LogP contribution in [0.15, 0.2) is 24.8 Å². The van der Waals surface area contributed by atoms with Gasteiger partial charge in [0.15, 0.2) is 0 Å². The summed E-state index contributed by atoms with van der Waals surface area (Å²) in [5, 5.41) is 0. The Morgan fingerprint density at radius 3 is 1.18 bits per heavy atom. The van der Waals surface area contributed by atoms with E-state index in [1.165, 1.54) is 31.7 Å². The van der Waals surface area contributed by atoms with E-state index in [9.17, 15) is 0 Å². The Balaban J connectivity index is 2.89. The van der Waals surface area contributed by atoms with Gasteiger partial charge in [-0.1, -0.05) is 47.9 Å². The summed E-state index contributed by atoms with van der Waals surface area (Å²) in [6, 6.07) is 1.27. The lowest BCUT2D eigenvalue weighted by Crippen LogP contribution is -2.88. The summed E-state index contributed by atoms with van der Waals surface area (Å²) < 4.78 is 11.2. The van der Waals surface area contributed by atoms with Crippen LogP contribution in [0, 0.1) is 0 Å². The molecule has 0 fully saturated rings. The van der Waals surface area contributed by atoms with Crippen LogP contribution in [0.2, 0.25) is 6.04 Å². The van der Waals surface area contributed by atoms with Crippen molar-refractivity contribution < 1.29 is 0 Å². The largest absolute Gasteiger partial charge is 0.380 e. The average molecular weight is 558 g/mol. The highest BCUT2D eigenvalue weighted by Gasteiger charge is 2.75. The van der Waals surface area contributed by atoms with Crippen molar-refractivity contribution in [2.24, 2.45) is 0 Å². The minimum Gasteiger partial charge on any atom is -0.380 e. The van der Waals surface area contributed by atoms with E-state index >= 15 is 0 Å². The minimum absolute atomic E-state index is 0.0331. The molecule has 0 saturated heterocycles. The van der Waals surface area contributed by atoms with E-state index in [0.717, 1.165) is 0 Å². The number of rotatable bonds is 6. The zero-order chi connectivity index (χ0) is 25.7. The highest BCUT2D eigenvalue weighted by atomic mass is 79.9. The van der Waals surface area contributed by atoms with Gasteiger partial charge in [-0.25, -0.2) is 0 Å². The van der Waals surface area contributed by atoms with E-state index in [0.29, 0.717) is 0 Å². The summed E-state index contributed by atoms with van der Waals surface area (Å²) in [5.74, 6) is 0. The van der Waals surface area contributed by atoms with Gasteiger partial charge in [-0.3, -0.25) is 0 Å². The number of unbranched alkanes of at least 4 members (excludes halogenated alkanes) is 3. The van der Waals surface area contributed by atoms with Gasteiger partial charge in [0.05, 0.1) is 0 Å². The molecule has 4 nitrogen and oxygen atoms in total. The number of hydrogen-bond acceptors (Lipinski definition) is 4. The third-order valence-electron chi connectivity index (χ3n) is 6.94. The molecule has 0 aromatic heterocycles. The van der Waals surface area contributed by atoms with Crippen molar-refractivity contribution in [3.05, 3.63) is 24.8 Å². The van der Waals surface area contributed by atoms with Gasteiger partial charge in [0.2, 0.25) is 0 Å². The van der Waals surface area contributed by atoms with Crippen LogP contribution >= 0.6 is 15.3 Å². The molecule has 2 aliphatic heterocycles. The summed E-state index contributed by atoms with van der Waals surface area (Å²) >= 11 is 4.74. The molecular weight excluding hydrogens is 504 g/mol. The zero-order valence-electron chi connectivity index (χ0n) is 24.0. The smallest absolute Gasteiger partial charge is 0.369 e. The maximum atomic E-state index is 4.74. The molecule has 0 unspecified atom stereocenters. The summed E-state index contributed by atoms with van der Waals surface area (Å²) in [4.78, 5) is 0. The molecule has 0 N–H and O–H groups in total. The van der Waals surface area contributed by atoms with E-state index < -0.39 is 14.4 Å². The fourth-order valence-corrected chi connectivity index (χ4v) is 34.0. The Bertz CT molecular complexity index is 689. The molecule has 0 saturated carbocycles.